The number of halogens is 1. The molecule has 1 heterocycles. The molecule has 0 unspecified atom stereocenters. The van der Waals surface area contributed by atoms with E-state index in [0.29, 0.717) is 24.3 Å². The lowest BCUT2D eigenvalue weighted by atomic mass is 10.1. The van der Waals surface area contributed by atoms with Gasteiger partial charge in [-0.2, -0.15) is 5.10 Å². The Morgan fingerprint density at radius 2 is 1.52 bits per heavy atom. The number of hydrogen-bond acceptors (Lipinski definition) is 2. The van der Waals surface area contributed by atoms with E-state index in [1.165, 1.54) is 12.1 Å². The molecule has 29 heavy (non-hydrogen) atoms. The molecule has 0 spiro atoms. The number of carbonyl (C=O) groups excluding carboxylic acids is 1. The van der Waals surface area contributed by atoms with Crippen LogP contribution in [0.3, 0.4) is 0 Å². The first-order valence-electron chi connectivity index (χ1n) is 9.38. The van der Waals surface area contributed by atoms with E-state index < -0.39 is 0 Å². The molecular weight excluding hydrogens is 365 g/mol. The van der Waals surface area contributed by atoms with E-state index in [9.17, 15) is 9.18 Å². The molecule has 1 amide bonds. The van der Waals surface area contributed by atoms with E-state index in [-0.39, 0.29) is 11.7 Å². The van der Waals surface area contributed by atoms with Crippen LogP contribution in [0.4, 0.5) is 4.39 Å². The van der Waals surface area contributed by atoms with Gasteiger partial charge in [-0.25, -0.2) is 4.39 Å². The molecule has 1 N–H and O–H groups in total. The summed E-state index contributed by atoms with van der Waals surface area (Å²) in [6, 6.07) is 25.7. The second-order valence-electron chi connectivity index (χ2n) is 6.75. The lowest BCUT2D eigenvalue weighted by molar-refractivity contribution is 0.0951. The zero-order chi connectivity index (χ0) is 20.1. The number of rotatable bonds is 6. The van der Waals surface area contributed by atoms with Gasteiger partial charge in [0.15, 0.2) is 0 Å². The van der Waals surface area contributed by atoms with Crippen molar-refractivity contribution in [1.82, 2.24) is 15.1 Å². The summed E-state index contributed by atoms with van der Waals surface area (Å²) in [6.45, 7) is 0.892. The fraction of sp³-hybridized carbons (Fsp3) is 0.0833. The minimum atomic E-state index is -0.298. The first-order chi connectivity index (χ1) is 14.2. The van der Waals surface area contributed by atoms with E-state index in [0.717, 1.165) is 16.7 Å². The highest BCUT2D eigenvalue weighted by Gasteiger charge is 2.18. The zero-order valence-corrected chi connectivity index (χ0v) is 15.8. The summed E-state index contributed by atoms with van der Waals surface area (Å²) in [5.41, 5.74) is 3.96. The molecule has 1 aromatic heterocycles. The normalized spacial score (nSPS) is 10.7. The Bertz CT molecular complexity index is 1090. The highest BCUT2D eigenvalue weighted by Crippen LogP contribution is 2.22. The molecule has 0 aliphatic rings. The molecule has 0 saturated carbocycles. The number of nitrogens with zero attached hydrogens (tertiary/aromatic N) is 2. The number of nitrogens with one attached hydrogen (secondary N) is 1. The number of aromatic nitrogens is 2. The van der Waals surface area contributed by atoms with Crippen molar-refractivity contribution in [2.24, 2.45) is 0 Å². The molecule has 0 radical (unpaired) electrons. The molecule has 3 aromatic carbocycles. The summed E-state index contributed by atoms with van der Waals surface area (Å²) in [7, 11) is 0. The zero-order valence-electron chi connectivity index (χ0n) is 15.8. The third-order valence-corrected chi connectivity index (χ3v) is 4.61. The van der Waals surface area contributed by atoms with Crippen LogP contribution in [0.25, 0.3) is 11.3 Å². The van der Waals surface area contributed by atoms with Gasteiger partial charge in [-0.1, -0.05) is 72.8 Å². The first kappa shape index (κ1) is 18.6. The lowest BCUT2D eigenvalue weighted by Gasteiger charge is -2.06. The molecule has 0 aliphatic carbocycles. The maximum Gasteiger partial charge on any atom is 0.255 e. The van der Waals surface area contributed by atoms with E-state index in [1.807, 2.05) is 60.7 Å². The molecule has 5 heteroatoms. The second-order valence-corrected chi connectivity index (χ2v) is 6.75. The van der Waals surface area contributed by atoms with Crippen molar-refractivity contribution in [2.75, 3.05) is 0 Å². The molecule has 144 valence electrons. The second kappa shape index (κ2) is 8.52. The largest absolute Gasteiger partial charge is 0.348 e. The summed E-state index contributed by atoms with van der Waals surface area (Å²) in [4.78, 5) is 12.9. The topological polar surface area (TPSA) is 46.9 Å². The number of amides is 1. The summed E-state index contributed by atoms with van der Waals surface area (Å²) >= 11 is 0. The quantitative estimate of drug-likeness (QED) is 0.524. The Kier molecular flexibility index (Phi) is 5.47. The van der Waals surface area contributed by atoms with Crippen LogP contribution in [0.1, 0.15) is 21.5 Å². The summed E-state index contributed by atoms with van der Waals surface area (Å²) in [5, 5.41) is 7.58. The van der Waals surface area contributed by atoms with Crippen molar-refractivity contribution in [1.29, 1.82) is 0 Å². The molecule has 4 rings (SSSR count). The minimum absolute atomic E-state index is 0.215. The smallest absolute Gasteiger partial charge is 0.255 e. The number of carbonyl (C=O) groups is 1. The number of benzene rings is 3. The Morgan fingerprint density at radius 1 is 0.862 bits per heavy atom. The van der Waals surface area contributed by atoms with Gasteiger partial charge in [-0.15, -0.1) is 0 Å². The average molecular weight is 385 g/mol. The van der Waals surface area contributed by atoms with Gasteiger partial charge < -0.3 is 5.32 Å². The van der Waals surface area contributed by atoms with Gasteiger partial charge in [0, 0.05) is 18.3 Å². The molecule has 0 atom stereocenters. The van der Waals surface area contributed by atoms with Gasteiger partial charge in [0.2, 0.25) is 0 Å². The van der Waals surface area contributed by atoms with Crippen LogP contribution in [-0.2, 0) is 13.1 Å². The fourth-order valence-electron chi connectivity index (χ4n) is 3.13. The Labute approximate surface area is 168 Å². The fourth-order valence-corrected chi connectivity index (χ4v) is 3.13. The highest BCUT2D eigenvalue weighted by molar-refractivity contribution is 5.99. The lowest BCUT2D eigenvalue weighted by Crippen LogP contribution is -2.23. The summed E-state index contributed by atoms with van der Waals surface area (Å²) < 4.78 is 14.9. The number of hydrogen-bond donors (Lipinski definition) is 1. The van der Waals surface area contributed by atoms with E-state index in [1.54, 1.807) is 23.0 Å². The van der Waals surface area contributed by atoms with Crippen molar-refractivity contribution < 1.29 is 9.18 Å². The standard InChI is InChI=1S/C24H20FN3O/c25-21-13-11-18(12-14-21)15-26-24(29)22-17-28(16-19-7-3-1-4-8-19)27-23(22)20-9-5-2-6-10-20/h1-14,17H,15-16H2,(H,26,29). The van der Waals surface area contributed by atoms with Gasteiger partial charge in [0.25, 0.3) is 5.91 Å². The van der Waals surface area contributed by atoms with Gasteiger partial charge in [0.1, 0.15) is 11.5 Å². The van der Waals surface area contributed by atoms with Crippen LogP contribution < -0.4 is 5.32 Å². The van der Waals surface area contributed by atoms with Crippen LogP contribution in [0.15, 0.2) is 91.1 Å². The van der Waals surface area contributed by atoms with Gasteiger partial charge in [-0.3, -0.25) is 9.48 Å². The SMILES string of the molecule is O=C(NCc1ccc(F)cc1)c1cn(Cc2ccccc2)nc1-c1ccccc1. The van der Waals surface area contributed by atoms with Crippen molar-refractivity contribution in [3.63, 3.8) is 0 Å². The van der Waals surface area contributed by atoms with Crippen LogP contribution >= 0.6 is 0 Å². The summed E-state index contributed by atoms with van der Waals surface area (Å²) in [5.74, 6) is -0.513. The maximum absolute atomic E-state index is 13.1. The minimum Gasteiger partial charge on any atom is -0.348 e. The van der Waals surface area contributed by atoms with Gasteiger partial charge in [0.05, 0.1) is 12.1 Å². The third-order valence-electron chi connectivity index (χ3n) is 4.61. The van der Waals surface area contributed by atoms with Crippen LogP contribution in [0.2, 0.25) is 0 Å². The first-order valence-corrected chi connectivity index (χ1v) is 9.38. The van der Waals surface area contributed by atoms with Crippen LogP contribution in [0, 0.1) is 5.82 Å². The van der Waals surface area contributed by atoms with E-state index in [4.69, 9.17) is 0 Å². The highest BCUT2D eigenvalue weighted by atomic mass is 19.1. The Hall–Kier alpha value is -3.73. The summed E-state index contributed by atoms with van der Waals surface area (Å²) in [6.07, 6.45) is 1.77. The molecule has 0 bridgehead atoms. The third kappa shape index (κ3) is 4.58. The molecular formula is C24H20FN3O. The van der Waals surface area contributed by atoms with Crippen molar-refractivity contribution >= 4 is 5.91 Å². The predicted octanol–water partition coefficient (Wildman–Crippen LogP) is 4.67. The Balaban J connectivity index is 1.59. The van der Waals surface area contributed by atoms with E-state index >= 15 is 0 Å². The van der Waals surface area contributed by atoms with Crippen molar-refractivity contribution in [3.8, 4) is 11.3 Å². The predicted molar refractivity (Wildman–Crippen MR) is 111 cm³/mol. The average Bonchev–Trinajstić information content (AvgIpc) is 3.18. The molecule has 4 aromatic rings. The van der Waals surface area contributed by atoms with Gasteiger partial charge in [-0.05, 0) is 23.3 Å². The van der Waals surface area contributed by atoms with Gasteiger partial charge >= 0.3 is 0 Å². The van der Waals surface area contributed by atoms with Crippen molar-refractivity contribution in [3.05, 3.63) is 114 Å². The Morgan fingerprint density at radius 3 is 2.21 bits per heavy atom. The maximum atomic E-state index is 13.1. The van der Waals surface area contributed by atoms with Crippen molar-refractivity contribution in [2.45, 2.75) is 13.1 Å². The monoisotopic (exact) mass is 385 g/mol. The molecule has 0 aliphatic heterocycles. The van der Waals surface area contributed by atoms with E-state index in [2.05, 4.69) is 10.4 Å². The van der Waals surface area contributed by atoms with Crippen LogP contribution in [-0.4, -0.2) is 15.7 Å². The molecule has 0 fully saturated rings. The van der Waals surface area contributed by atoms with Crippen LogP contribution in [0.5, 0.6) is 0 Å². The molecule has 4 nitrogen and oxygen atoms in total. The molecule has 0 saturated heterocycles.